The molecule has 0 fully saturated rings. The van der Waals surface area contributed by atoms with Gasteiger partial charge in [0.25, 0.3) is 0 Å². The van der Waals surface area contributed by atoms with Crippen LogP contribution in [0, 0.1) is 0 Å². The van der Waals surface area contributed by atoms with Crippen molar-refractivity contribution in [2.75, 3.05) is 0 Å². The minimum atomic E-state index is -3.55. The summed E-state index contributed by atoms with van der Waals surface area (Å²) in [6, 6.07) is 0. The Morgan fingerprint density at radius 3 is 1.47 bits per heavy atom. The van der Waals surface area contributed by atoms with Crippen LogP contribution in [-0.4, -0.2) is 0 Å². The Bertz CT molecular complexity index is 429. The molecule has 2 atom stereocenters. The first-order valence-corrected chi connectivity index (χ1v) is 18.4. The molecule has 17 heavy (non-hydrogen) atoms. The second kappa shape index (κ2) is 4.21. The molecule has 0 saturated heterocycles. The van der Waals surface area contributed by atoms with Crippen LogP contribution in [0.4, 0.5) is 0 Å². The van der Waals surface area contributed by atoms with Crippen LogP contribution in [-0.2, 0) is 17.6 Å². The minimum absolute atomic E-state index is 0.111. The van der Waals surface area contributed by atoms with E-state index < -0.39 is 17.6 Å². The van der Waals surface area contributed by atoms with Crippen LogP contribution >= 0.6 is 17.2 Å². The van der Waals surface area contributed by atoms with Gasteiger partial charge in [0.1, 0.15) is 0 Å². The summed E-state index contributed by atoms with van der Waals surface area (Å²) >= 11 is -3.55. The summed E-state index contributed by atoms with van der Waals surface area (Å²) in [5.41, 5.74) is 2.54. The first-order valence-electron chi connectivity index (χ1n) is 5.85. The second-order valence-corrected chi connectivity index (χ2v) is 28.3. The van der Waals surface area contributed by atoms with Gasteiger partial charge in [-0.1, -0.05) is 0 Å². The zero-order valence-electron chi connectivity index (χ0n) is 10.7. The van der Waals surface area contributed by atoms with Gasteiger partial charge in [0.2, 0.25) is 0 Å². The van der Waals surface area contributed by atoms with Crippen molar-refractivity contribution in [3.05, 3.63) is 47.6 Å². The number of allylic oxidation sites excluding steroid dienone is 8. The normalized spacial score (nSPS) is 36.4. The van der Waals surface area contributed by atoms with E-state index >= 15 is 0 Å². The predicted octanol–water partition coefficient (Wildman–Crippen LogP) is 5.84. The molecule has 0 spiro atoms. The second-order valence-electron chi connectivity index (χ2n) is 5.58. The van der Waals surface area contributed by atoms with E-state index in [-0.39, 0.29) is 6.34 Å². The molecule has 0 amide bonds. The van der Waals surface area contributed by atoms with Crippen LogP contribution in [0.15, 0.2) is 47.6 Å². The number of hydrogen-bond acceptors (Lipinski definition) is 0. The maximum atomic E-state index is 6.96. The molecule has 0 aromatic carbocycles. The van der Waals surface area contributed by atoms with E-state index in [2.05, 4.69) is 64.2 Å². The maximum absolute atomic E-state index is 6.96. The van der Waals surface area contributed by atoms with E-state index in [1.54, 1.807) is 0 Å². The SMILES string of the molecule is CC1=C[C](C)([Hf]([Cl])([Cl])[C]2(C)C=CC(C)=C2)C=C1. The average Bonchev–Trinajstić information content (AvgIpc) is 2.73. The van der Waals surface area contributed by atoms with Gasteiger partial charge in [-0.05, 0) is 0 Å². The molecule has 0 radical (unpaired) electrons. The van der Waals surface area contributed by atoms with E-state index in [4.69, 9.17) is 17.2 Å². The van der Waals surface area contributed by atoms with Gasteiger partial charge < -0.3 is 0 Å². The topological polar surface area (TPSA) is 0 Å². The number of rotatable bonds is 2. The van der Waals surface area contributed by atoms with Crippen molar-refractivity contribution in [1.29, 1.82) is 0 Å². The molecule has 0 N–H and O–H groups in total. The Morgan fingerprint density at radius 1 is 0.882 bits per heavy atom. The van der Waals surface area contributed by atoms with Gasteiger partial charge in [-0.3, -0.25) is 0 Å². The summed E-state index contributed by atoms with van der Waals surface area (Å²) in [6.07, 6.45) is 13.2. The van der Waals surface area contributed by atoms with Crippen LogP contribution in [0.1, 0.15) is 27.7 Å². The Kier molecular flexibility index (Phi) is 3.43. The molecule has 0 aliphatic heterocycles. The van der Waals surface area contributed by atoms with Crippen molar-refractivity contribution in [2.45, 2.75) is 34.0 Å². The van der Waals surface area contributed by atoms with Crippen LogP contribution in [0.5, 0.6) is 0 Å². The molecule has 2 unspecified atom stereocenters. The molecule has 0 bridgehead atoms. The number of halogens is 2. The van der Waals surface area contributed by atoms with E-state index in [0.717, 1.165) is 0 Å². The van der Waals surface area contributed by atoms with Gasteiger partial charge in [0.15, 0.2) is 0 Å². The third-order valence-electron chi connectivity index (χ3n) is 3.79. The standard InChI is InChI=1S/2C7H9.2ClH.Hf/c2*1-6-3-4-7(2)5-6;;;/h2*3-5H,1-2H3;2*1H;/q;;;;+2/p-2. The van der Waals surface area contributed by atoms with Gasteiger partial charge in [-0.2, -0.15) is 0 Å². The average molecular weight is 436 g/mol. The molecule has 3 heteroatoms. The van der Waals surface area contributed by atoms with Crippen LogP contribution < -0.4 is 0 Å². The van der Waals surface area contributed by atoms with Crippen LogP contribution in [0.2, 0.25) is 6.34 Å². The third kappa shape index (κ3) is 2.09. The fourth-order valence-electron chi connectivity index (χ4n) is 2.72. The van der Waals surface area contributed by atoms with Crippen molar-refractivity contribution in [3.63, 3.8) is 0 Å². The summed E-state index contributed by atoms with van der Waals surface area (Å²) in [5.74, 6) is 0. The van der Waals surface area contributed by atoms with Gasteiger partial charge in [-0.15, -0.1) is 0 Å². The summed E-state index contributed by atoms with van der Waals surface area (Å²) in [6.45, 7) is 8.57. The fraction of sp³-hybridized carbons (Fsp3) is 0.429. The monoisotopic (exact) mass is 436 g/mol. The van der Waals surface area contributed by atoms with E-state index in [1.807, 2.05) is 0 Å². The molecule has 2 aliphatic rings. The summed E-state index contributed by atoms with van der Waals surface area (Å²) < 4.78 is -0.221. The molecule has 2 rings (SSSR count). The zero-order chi connectivity index (χ0) is 12.9. The summed E-state index contributed by atoms with van der Waals surface area (Å²) in [7, 11) is 13.9. The van der Waals surface area contributed by atoms with Gasteiger partial charge in [0.05, 0.1) is 0 Å². The van der Waals surface area contributed by atoms with Crippen molar-refractivity contribution in [1.82, 2.24) is 0 Å². The molecule has 0 aromatic heterocycles. The Morgan fingerprint density at radius 2 is 1.24 bits per heavy atom. The van der Waals surface area contributed by atoms with E-state index in [1.165, 1.54) is 11.1 Å². The third-order valence-corrected chi connectivity index (χ3v) is 29.1. The van der Waals surface area contributed by atoms with Gasteiger partial charge in [-0.25, -0.2) is 0 Å². The number of hydrogen-bond donors (Lipinski definition) is 0. The predicted molar refractivity (Wildman–Crippen MR) is 74.2 cm³/mol. The Hall–Kier alpha value is 0.410. The first kappa shape index (κ1) is 13.8. The Balaban J connectivity index is 2.45. The molecule has 0 nitrogen and oxygen atoms in total. The molecule has 0 aromatic rings. The molecule has 92 valence electrons. The summed E-state index contributed by atoms with van der Waals surface area (Å²) in [5, 5.41) is 0. The van der Waals surface area contributed by atoms with Crippen LogP contribution in [0.3, 0.4) is 0 Å². The molecular weight excluding hydrogens is 418 g/mol. The van der Waals surface area contributed by atoms with Crippen molar-refractivity contribution >= 4 is 17.2 Å². The van der Waals surface area contributed by atoms with Crippen molar-refractivity contribution in [2.24, 2.45) is 0 Å². The molecule has 0 saturated carbocycles. The zero-order valence-corrected chi connectivity index (χ0v) is 15.8. The van der Waals surface area contributed by atoms with Crippen LogP contribution in [0.25, 0.3) is 0 Å². The fourth-order valence-corrected chi connectivity index (χ4v) is 15.8. The molecule has 0 heterocycles. The van der Waals surface area contributed by atoms with Gasteiger partial charge >= 0.3 is 116 Å². The van der Waals surface area contributed by atoms with E-state index in [0.29, 0.717) is 0 Å². The van der Waals surface area contributed by atoms with Crippen molar-refractivity contribution < 1.29 is 17.6 Å². The molecule has 2 aliphatic carbocycles. The van der Waals surface area contributed by atoms with E-state index in [9.17, 15) is 0 Å². The van der Waals surface area contributed by atoms with Crippen molar-refractivity contribution in [3.8, 4) is 0 Å². The molecular formula is C14H18Cl2Hf. The first-order chi connectivity index (χ1) is 7.70. The quantitative estimate of drug-likeness (QED) is 0.478. The Labute approximate surface area is 116 Å². The summed E-state index contributed by atoms with van der Waals surface area (Å²) in [4.78, 5) is 0. The van der Waals surface area contributed by atoms with Gasteiger partial charge in [0, 0.05) is 0 Å².